The monoisotopic (exact) mass is 881 g/mol. The fourth-order valence-corrected chi connectivity index (χ4v) is 15.2. The molecule has 0 N–H and O–H groups in total. The SMILES string of the molecule is CC(C)c1cc2c(-c3ccccc3C(C)C)cccc2[cH-]1.CC(C)c1cc2c(-c3ccccc3C(C)C)cccc2[cH-]1.[B]N([Si](C)(C)C)[Si](C)(C)C.[Cl][Zr+2][Cl]. The Morgan fingerprint density at radius 2 is 0.800 bits per heavy atom. The van der Waals surface area contributed by atoms with Gasteiger partial charge in [0.2, 0.25) is 0 Å². The van der Waals surface area contributed by atoms with E-state index < -0.39 is 37.3 Å². The molecule has 0 atom stereocenters. The van der Waals surface area contributed by atoms with Gasteiger partial charge in [-0.05, 0) is 45.9 Å². The molecule has 7 heteroatoms. The molecule has 0 aliphatic carbocycles. The molecule has 6 aromatic rings. The molecule has 6 aromatic carbocycles. The van der Waals surface area contributed by atoms with Crippen LogP contribution in [0.4, 0.5) is 0 Å². The maximum absolute atomic E-state index is 5.98. The molecule has 0 saturated heterocycles. The van der Waals surface area contributed by atoms with Gasteiger partial charge in [0.15, 0.2) is 7.98 Å². The van der Waals surface area contributed by atoms with Crippen molar-refractivity contribution < 1.29 is 20.8 Å². The molecule has 0 amide bonds. The van der Waals surface area contributed by atoms with E-state index in [2.05, 4.69) is 208 Å². The summed E-state index contributed by atoms with van der Waals surface area (Å²) in [6.07, 6.45) is 0. The third kappa shape index (κ3) is 13.0. The van der Waals surface area contributed by atoms with Crippen molar-refractivity contribution in [2.45, 2.75) is 118 Å². The van der Waals surface area contributed by atoms with Crippen LogP contribution in [0.15, 0.2) is 109 Å². The van der Waals surface area contributed by atoms with Gasteiger partial charge in [0, 0.05) is 0 Å². The van der Waals surface area contributed by atoms with Gasteiger partial charge in [-0.3, -0.25) is 0 Å². The van der Waals surface area contributed by atoms with Crippen LogP contribution in [0.3, 0.4) is 0 Å². The molecule has 290 valence electrons. The average Bonchev–Trinajstić information content (AvgIpc) is 3.77. The summed E-state index contributed by atoms with van der Waals surface area (Å²) in [7, 11) is 13.4. The third-order valence-electron chi connectivity index (χ3n) is 10.1. The van der Waals surface area contributed by atoms with E-state index in [1.807, 2.05) is 0 Å². The molecule has 1 nitrogen and oxygen atoms in total. The standard InChI is InChI=1S/2C21H23.C6H18BNSi2.2ClH.Zr/c2*1-14(2)17-12-16-8-7-11-20(21(16)13-17)19-10-6-5-9-18(19)15(3)4;1-9(2,3)8(7)10(4,5)6;;;/h2*5-15H,1-4H3;1-6H3;2*1H;/q2*-1;;;;+4/p-2. The van der Waals surface area contributed by atoms with Gasteiger partial charge in [0.1, 0.15) is 16.5 Å². The molecule has 55 heavy (non-hydrogen) atoms. The van der Waals surface area contributed by atoms with E-state index in [0.717, 1.165) is 0 Å². The van der Waals surface area contributed by atoms with Gasteiger partial charge in [-0.1, -0.05) is 166 Å². The van der Waals surface area contributed by atoms with E-state index in [1.54, 1.807) is 0 Å². The van der Waals surface area contributed by atoms with Gasteiger partial charge in [-0.25, -0.2) is 0 Å². The van der Waals surface area contributed by atoms with Crippen molar-refractivity contribution in [2.24, 2.45) is 0 Å². The van der Waals surface area contributed by atoms with Crippen molar-refractivity contribution in [3.8, 4) is 22.3 Å². The molecule has 0 bridgehead atoms. The van der Waals surface area contributed by atoms with E-state index in [0.29, 0.717) is 23.7 Å². The summed E-state index contributed by atoms with van der Waals surface area (Å²) in [6.45, 7) is 31.8. The van der Waals surface area contributed by atoms with Gasteiger partial charge in [0.25, 0.3) is 0 Å². The maximum atomic E-state index is 5.98. The fraction of sp³-hybridized carbons (Fsp3) is 0.375. The fourth-order valence-electron chi connectivity index (χ4n) is 7.15. The van der Waals surface area contributed by atoms with Gasteiger partial charge in [-0.2, -0.15) is 12.1 Å². The molecule has 0 spiro atoms. The Morgan fingerprint density at radius 3 is 1.07 bits per heavy atom. The number of hydrogen-bond acceptors (Lipinski definition) is 1. The van der Waals surface area contributed by atoms with E-state index in [9.17, 15) is 0 Å². The molecule has 0 heterocycles. The van der Waals surface area contributed by atoms with Gasteiger partial charge in [0.05, 0.1) is 0 Å². The molecule has 0 aliphatic rings. The summed E-state index contributed by atoms with van der Waals surface area (Å²) in [5.41, 5.74) is 11.2. The van der Waals surface area contributed by atoms with Crippen LogP contribution >= 0.6 is 17.0 Å². The summed E-state index contributed by atoms with van der Waals surface area (Å²) in [5.74, 6) is 2.23. The van der Waals surface area contributed by atoms with Crippen LogP contribution in [0, 0.1) is 0 Å². The summed E-state index contributed by atoms with van der Waals surface area (Å²) in [5, 5.41) is 5.48. The number of nitrogens with zero attached hydrogens (tertiary/aromatic N) is 1. The van der Waals surface area contributed by atoms with Crippen molar-refractivity contribution in [2.75, 3.05) is 0 Å². The Hall–Kier alpha value is -1.98. The number of fused-ring (bicyclic) bond motifs is 2. The predicted octanol–water partition coefficient (Wildman–Crippen LogP) is 16.4. The molecular formula is C48H64BCl2NSi2Zr. The first-order valence-corrected chi connectivity index (χ1v) is 33.0. The summed E-state index contributed by atoms with van der Waals surface area (Å²) < 4.78 is 2.15. The Morgan fingerprint density at radius 1 is 0.491 bits per heavy atom. The Bertz CT molecular complexity index is 1930. The zero-order valence-corrected chi connectivity index (χ0v) is 42.0. The van der Waals surface area contributed by atoms with E-state index in [1.165, 1.54) is 66.1 Å². The van der Waals surface area contributed by atoms with Crippen LogP contribution in [-0.4, -0.2) is 28.6 Å². The van der Waals surface area contributed by atoms with Crippen LogP contribution < -0.4 is 0 Å². The first-order chi connectivity index (χ1) is 25.7. The molecule has 0 aliphatic heterocycles. The van der Waals surface area contributed by atoms with E-state index in [-0.39, 0.29) is 0 Å². The normalized spacial score (nSPS) is 11.7. The van der Waals surface area contributed by atoms with E-state index >= 15 is 0 Å². The topological polar surface area (TPSA) is 3.24 Å². The van der Waals surface area contributed by atoms with Crippen molar-refractivity contribution in [1.82, 2.24) is 4.14 Å². The van der Waals surface area contributed by atoms with Gasteiger partial charge in [-0.15, -0.1) is 69.1 Å². The minimum absolute atomic E-state index is 0.538. The first kappa shape index (κ1) is 47.4. The molecule has 0 aromatic heterocycles. The molecule has 6 rings (SSSR count). The van der Waals surface area contributed by atoms with Gasteiger partial charge < -0.3 is 4.14 Å². The van der Waals surface area contributed by atoms with Crippen molar-refractivity contribution in [3.05, 3.63) is 131 Å². The molecule has 0 fully saturated rings. The molecular weight excluding hydrogens is 820 g/mol. The van der Waals surface area contributed by atoms with E-state index in [4.69, 9.17) is 25.0 Å². The second-order valence-corrected chi connectivity index (χ2v) is 31.6. The number of hydrogen-bond donors (Lipinski definition) is 0. The predicted molar refractivity (Wildman–Crippen MR) is 252 cm³/mol. The zero-order chi connectivity index (χ0) is 41.2. The number of benzene rings is 4. The Kier molecular flexibility index (Phi) is 18.2. The first-order valence-electron chi connectivity index (χ1n) is 19.8. The minimum atomic E-state index is -1.22. The second kappa shape index (κ2) is 21.1. The molecule has 2 radical (unpaired) electrons. The molecule has 0 unspecified atom stereocenters. The van der Waals surface area contributed by atoms with Crippen molar-refractivity contribution in [3.63, 3.8) is 0 Å². The Labute approximate surface area is 357 Å². The average molecular weight is 884 g/mol. The van der Waals surface area contributed by atoms with Crippen LogP contribution in [-0.2, 0) is 20.8 Å². The van der Waals surface area contributed by atoms with Crippen LogP contribution in [0.25, 0.3) is 43.8 Å². The second-order valence-electron chi connectivity index (χ2n) is 17.8. The number of rotatable bonds is 8. The summed E-state index contributed by atoms with van der Waals surface area (Å²) in [4.78, 5) is 0. The zero-order valence-electron chi connectivity index (χ0n) is 36.0. The number of halogens is 2. The van der Waals surface area contributed by atoms with Crippen LogP contribution in [0.1, 0.15) is 101 Å². The van der Waals surface area contributed by atoms with Crippen LogP contribution in [0.5, 0.6) is 0 Å². The Balaban J connectivity index is 0.000000227. The van der Waals surface area contributed by atoms with Gasteiger partial charge >= 0.3 is 37.9 Å². The molecule has 0 saturated carbocycles. The summed E-state index contributed by atoms with van der Waals surface area (Å²) in [6, 6.07) is 40.3. The summed E-state index contributed by atoms with van der Waals surface area (Å²) >= 11 is -0.826. The third-order valence-corrected chi connectivity index (χ3v) is 17.0. The van der Waals surface area contributed by atoms with Crippen molar-refractivity contribution in [1.29, 1.82) is 0 Å². The van der Waals surface area contributed by atoms with Crippen LogP contribution in [0.2, 0.25) is 39.3 Å². The quantitative estimate of drug-likeness (QED) is 0.109. The van der Waals surface area contributed by atoms with Crippen molar-refractivity contribution >= 4 is 63.0 Å².